The number of hydrogen-bond donors (Lipinski definition) is 1. The lowest BCUT2D eigenvalue weighted by molar-refractivity contribution is 0.0684. The average molecular weight is 288 g/mol. The van der Waals surface area contributed by atoms with E-state index in [-0.39, 0.29) is 6.54 Å². The zero-order valence-corrected chi connectivity index (χ0v) is 10.2. The number of hydrogen-bond acceptors (Lipinski definition) is 3. The van der Waals surface area contributed by atoms with Gasteiger partial charge in [-0.1, -0.05) is 17.7 Å². The summed E-state index contributed by atoms with van der Waals surface area (Å²) in [6, 6.07) is 3.20. The highest BCUT2D eigenvalue weighted by atomic mass is 35.5. The third kappa shape index (κ3) is 3.05. The van der Waals surface area contributed by atoms with Crippen LogP contribution in [0, 0.1) is 0 Å². The van der Waals surface area contributed by atoms with Gasteiger partial charge < -0.3 is 5.11 Å². The van der Waals surface area contributed by atoms with E-state index in [4.69, 9.17) is 16.7 Å². The number of halogens is 3. The van der Waals surface area contributed by atoms with Crippen LogP contribution in [0.5, 0.6) is 0 Å². The third-order valence-corrected chi connectivity index (χ3v) is 2.58. The molecule has 0 aromatic carbocycles. The fourth-order valence-electron chi connectivity index (χ4n) is 1.53. The Morgan fingerprint density at radius 2 is 2.21 bits per heavy atom. The summed E-state index contributed by atoms with van der Waals surface area (Å²) in [5.41, 5.74) is -0.573. The third-order valence-electron chi connectivity index (χ3n) is 2.36. The van der Waals surface area contributed by atoms with Gasteiger partial charge in [0.1, 0.15) is 16.4 Å². The van der Waals surface area contributed by atoms with Gasteiger partial charge in [0.25, 0.3) is 6.43 Å². The van der Waals surface area contributed by atoms with Crippen molar-refractivity contribution in [2.75, 3.05) is 0 Å². The summed E-state index contributed by atoms with van der Waals surface area (Å²) in [6.07, 6.45) is -0.402. The van der Waals surface area contributed by atoms with Crippen molar-refractivity contribution in [2.24, 2.45) is 0 Å². The SMILES string of the molecule is O=C(O)c1cn(Cc2ccc(Cl)nc2)nc1C(F)F. The molecule has 100 valence electrons. The molecule has 0 bridgehead atoms. The Morgan fingerprint density at radius 3 is 2.68 bits per heavy atom. The largest absolute Gasteiger partial charge is 0.478 e. The van der Waals surface area contributed by atoms with Gasteiger partial charge in [0.05, 0.1) is 6.54 Å². The van der Waals surface area contributed by atoms with Crippen LogP contribution in [0.2, 0.25) is 5.15 Å². The maximum atomic E-state index is 12.6. The Kier molecular flexibility index (Phi) is 3.75. The van der Waals surface area contributed by atoms with Crippen molar-refractivity contribution < 1.29 is 18.7 Å². The highest BCUT2D eigenvalue weighted by Gasteiger charge is 2.22. The maximum Gasteiger partial charge on any atom is 0.339 e. The van der Waals surface area contributed by atoms with Crippen molar-refractivity contribution >= 4 is 17.6 Å². The monoisotopic (exact) mass is 287 g/mol. The second-order valence-corrected chi connectivity index (χ2v) is 4.11. The Morgan fingerprint density at radius 1 is 1.47 bits per heavy atom. The number of pyridine rings is 1. The molecule has 0 unspecified atom stereocenters. The lowest BCUT2D eigenvalue weighted by Gasteiger charge is -2.01. The van der Waals surface area contributed by atoms with Crippen LogP contribution in [0.15, 0.2) is 24.5 Å². The fraction of sp³-hybridized carbons (Fsp3) is 0.182. The lowest BCUT2D eigenvalue weighted by Crippen LogP contribution is -2.01. The molecule has 8 heteroatoms. The first kappa shape index (κ1) is 13.4. The fourth-order valence-corrected chi connectivity index (χ4v) is 1.64. The van der Waals surface area contributed by atoms with Crippen molar-refractivity contribution in [3.05, 3.63) is 46.5 Å². The average Bonchev–Trinajstić information content (AvgIpc) is 2.76. The summed E-state index contributed by atoms with van der Waals surface area (Å²) in [7, 11) is 0. The molecule has 0 aliphatic heterocycles. The molecule has 0 fully saturated rings. The minimum atomic E-state index is -2.93. The molecule has 2 heterocycles. The molecule has 0 aliphatic carbocycles. The van der Waals surface area contributed by atoms with Crippen LogP contribution in [0.3, 0.4) is 0 Å². The summed E-state index contributed by atoms with van der Waals surface area (Å²) >= 11 is 5.62. The first-order valence-corrected chi connectivity index (χ1v) is 5.54. The first-order chi connectivity index (χ1) is 8.97. The van der Waals surface area contributed by atoms with E-state index in [1.54, 1.807) is 12.1 Å². The molecule has 1 N–H and O–H groups in total. The molecular formula is C11H8ClF2N3O2. The molecule has 2 rings (SSSR count). The zero-order valence-electron chi connectivity index (χ0n) is 9.42. The van der Waals surface area contributed by atoms with Crippen LogP contribution in [-0.4, -0.2) is 25.8 Å². The van der Waals surface area contributed by atoms with Gasteiger partial charge in [-0.15, -0.1) is 0 Å². The highest BCUT2D eigenvalue weighted by Crippen LogP contribution is 2.21. The summed E-state index contributed by atoms with van der Waals surface area (Å²) in [6.45, 7) is 0.136. The Labute approximate surface area is 111 Å². The number of rotatable bonds is 4. The highest BCUT2D eigenvalue weighted by molar-refractivity contribution is 6.29. The van der Waals surface area contributed by atoms with Crippen LogP contribution >= 0.6 is 11.6 Å². The molecule has 0 aliphatic rings. The van der Waals surface area contributed by atoms with Gasteiger partial charge in [-0.25, -0.2) is 18.6 Å². The van der Waals surface area contributed by atoms with Gasteiger partial charge in [0, 0.05) is 12.4 Å². The summed E-state index contributed by atoms with van der Waals surface area (Å²) in [5.74, 6) is -1.43. The smallest absolute Gasteiger partial charge is 0.339 e. The molecule has 0 amide bonds. The zero-order chi connectivity index (χ0) is 14.0. The second-order valence-electron chi connectivity index (χ2n) is 3.72. The van der Waals surface area contributed by atoms with E-state index in [0.717, 1.165) is 10.9 Å². The van der Waals surface area contributed by atoms with Gasteiger partial charge in [0.2, 0.25) is 0 Å². The maximum absolute atomic E-state index is 12.6. The van der Waals surface area contributed by atoms with E-state index in [1.807, 2.05) is 0 Å². The number of alkyl halides is 2. The van der Waals surface area contributed by atoms with Gasteiger partial charge in [-0.2, -0.15) is 5.10 Å². The molecule has 2 aromatic heterocycles. The Balaban J connectivity index is 2.28. The van der Waals surface area contributed by atoms with Gasteiger partial charge in [-0.05, 0) is 11.6 Å². The summed E-state index contributed by atoms with van der Waals surface area (Å²) < 4.78 is 26.4. The number of aromatic nitrogens is 3. The van der Waals surface area contributed by atoms with E-state index in [1.165, 1.54) is 6.20 Å². The van der Waals surface area contributed by atoms with Crippen molar-refractivity contribution in [3.8, 4) is 0 Å². The summed E-state index contributed by atoms with van der Waals surface area (Å²) in [5, 5.41) is 12.7. The molecule has 0 spiro atoms. The predicted octanol–water partition coefficient (Wildman–Crippen LogP) is 2.62. The normalized spacial score (nSPS) is 10.9. The second kappa shape index (κ2) is 5.31. The minimum absolute atomic E-state index is 0.136. The molecule has 5 nitrogen and oxygen atoms in total. The van der Waals surface area contributed by atoms with Crippen molar-refractivity contribution in [3.63, 3.8) is 0 Å². The Hall–Kier alpha value is -2.02. The van der Waals surface area contributed by atoms with Crippen LogP contribution in [0.25, 0.3) is 0 Å². The Bertz CT molecular complexity index is 598. The lowest BCUT2D eigenvalue weighted by atomic mass is 10.2. The topological polar surface area (TPSA) is 68.0 Å². The van der Waals surface area contributed by atoms with Gasteiger partial charge >= 0.3 is 5.97 Å². The number of carboxylic acids is 1. The minimum Gasteiger partial charge on any atom is -0.478 e. The molecule has 19 heavy (non-hydrogen) atoms. The quantitative estimate of drug-likeness (QED) is 0.878. The van der Waals surface area contributed by atoms with E-state index in [2.05, 4.69) is 10.1 Å². The summed E-state index contributed by atoms with van der Waals surface area (Å²) in [4.78, 5) is 14.7. The molecule has 0 saturated carbocycles. The van der Waals surface area contributed by atoms with Crippen molar-refractivity contribution in [1.82, 2.24) is 14.8 Å². The number of nitrogens with zero attached hydrogens (tertiary/aromatic N) is 3. The molecule has 0 atom stereocenters. The predicted molar refractivity (Wildman–Crippen MR) is 62.5 cm³/mol. The van der Waals surface area contributed by atoms with E-state index in [0.29, 0.717) is 10.7 Å². The number of carbonyl (C=O) groups is 1. The molecule has 0 saturated heterocycles. The number of carboxylic acid groups (broad SMARTS) is 1. The van der Waals surface area contributed by atoms with Crippen LogP contribution in [0.4, 0.5) is 8.78 Å². The van der Waals surface area contributed by atoms with Gasteiger partial charge in [0.15, 0.2) is 0 Å². The van der Waals surface area contributed by atoms with E-state index >= 15 is 0 Å². The van der Waals surface area contributed by atoms with Crippen molar-refractivity contribution in [1.29, 1.82) is 0 Å². The van der Waals surface area contributed by atoms with Crippen molar-refractivity contribution in [2.45, 2.75) is 13.0 Å². The molecule has 2 aromatic rings. The van der Waals surface area contributed by atoms with E-state index < -0.39 is 23.7 Å². The number of aromatic carboxylic acids is 1. The first-order valence-electron chi connectivity index (χ1n) is 5.16. The molecular weight excluding hydrogens is 280 g/mol. The van der Waals surface area contributed by atoms with Crippen LogP contribution < -0.4 is 0 Å². The van der Waals surface area contributed by atoms with Crippen LogP contribution in [0.1, 0.15) is 28.0 Å². The van der Waals surface area contributed by atoms with E-state index in [9.17, 15) is 13.6 Å². The van der Waals surface area contributed by atoms with Crippen LogP contribution in [-0.2, 0) is 6.54 Å². The molecule has 0 radical (unpaired) electrons. The standard InChI is InChI=1S/C11H8ClF2N3O2/c12-8-2-1-6(3-15-8)4-17-5-7(11(18)19)9(16-17)10(13)14/h1-3,5,10H,4H2,(H,18,19). The van der Waals surface area contributed by atoms with Gasteiger partial charge in [-0.3, -0.25) is 4.68 Å².